The maximum atomic E-state index is 10.5. The van der Waals surface area contributed by atoms with Crippen LogP contribution in [0, 0.1) is 0 Å². The van der Waals surface area contributed by atoms with E-state index >= 15 is 0 Å². The van der Waals surface area contributed by atoms with E-state index in [4.69, 9.17) is 4.74 Å². The molecule has 1 aromatic heterocycles. The molecule has 1 unspecified atom stereocenters. The van der Waals surface area contributed by atoms with E-state index in [1.807, 2.05) is 30.5 Å². The van der Waals surface area contributed by atoms with Gasteiger partial charge in [-0.25, -0.2) is 0 Å². The first-order chi connectivity index (χ1) is 14.3. The minimum absolute atomic E-state index is 0.308. The molecule has 29 heavy (non-hydrogen) atoms. The second kappa shape index (κ2) is 7.97. The smallest absolute Gasteiger partial charge is 0.128 e. The van der Waals surface area contributed by atoms with E-state index in [0.29, 0.717) is 13.2 Å². The molecular weight excluding hydrogens is 364 g/mol. The Hall–Kier alpha value is -2.70. The maximum absolute atomic E-state index is 10.5. The van der Waals surface area contributed by atoms with Crippen molar-refractivity contribution in [1.82, 2.24) is 9.88 Å². The first-order valence-corrected chi connectivity index (χ1v) is 10.5. The number of anilines is 2. The van der Waals surface area contributed by atoms with Gasteiger partial charge in [-0.2, -0.15) is 0 Å². The minimum atomic E-state index is -0.499. The van der Waals surface area contributed by atoms with Crippen molar-refractivity contribution in [2.75, 3.05) is 56.1 Å². The predicted molar refractivity (Wildman–Crippen MR) is 117 cm³/mol. The van der Waals surface area contributed by atoms with Crippen LogP contribution in [0.25, 0.3) is 10.9 Å². The number of aliphatic hydroxyl groups is 1. The third-order valence-corrected chi connectivity index (χ3v) is 6.01. The van der Waals surface area contributed by atoms with E-state index in [9.17, 15) is 5.11 Å². The molecule has 2 aliphatic heterocycles. The summed E-state index contributed by atoms with van der Waals surface area (Å²) in [5.74, 6) is 0.819. The Balaban J connectivity index is 1.13. The van der Waals surface area contributed by atoms with Crippen LogP contribution in [0.4, 0.5) is 11.4 Å². The SMILES string of the molecule is OC(COc1cccc2[nH]ccc12)CN1CCN(c2cccc3c2CCN3)CC1. The fraction of sp³-hybridized carbons (Fsp3) is 0.391. The van der Waals surface area contributed by atoms with Gasteiger partial charge in [-0.1, -0.05) is 12.1 Å². The number of nitrogens with zero attached hydrogens (tertiary/aromatic N) is 2. The Kier molecular flexibility index (Phi) is 5.04. The van der Waals surface area contributed by atoms with Crippen molar-refractivity contribution in [2.24, 2.45) is 0 Å². The largest absolute Gasteiger partial charge is 0.490 e. The standard InChI is InChI=1S/C23H28N4O2/c28-17(16-29-23-6-2-4-21-19(23)8-10-25-21)15-26-11-13-27(14-12-26)22-5-1-3-20-18(22)7-9-24-20/h1-6,8,10,17,24-25,28H,7,9,11-16H2. The molecule has 1 atom stereocenters. The topological polar surface area (TPSA) is 63.8 Å². The number of aromatic amines is 1. The highest BCUT2D eigenvalue weighted by atomic mass is 16.5. The number of rotatable bonds is 6. The highest BCUT2D eigenvalue weighted by Crippen LogP contribution is 2.32. The molecule has 0 saturated carbocycles. The quantitative estimate of drug-likeness (QED) is 0.602. The Bertz CT molecular complexity index is 978. The normalized spacial score (nSPS) is 17.9. The average Bonchev–Trinajstić information content (AvgIpc) is 3.42. The van der Waals surface area contributed by atoms with Gasteiger partial charge in [-0.05, 0) is 36.8 Å². The fourth-order valence-corrected chi connectivity index (χ4v) is 4.51. The van der Waals surface area contributed by atoms with Gasteiger partial charge < -0.3 is 25.0 Å². The molecule has 0 amide bonds. The lowest BCUT2D eigenvalue weighted by Crippen LogP contribution is -2.49. The van der Waals surface area contributed by atoms with E-state index in [2.05, 4.69) is 38.3 Å². The lowest BCUT2D eigenvalue weighted by atomic mass is 10.1. The van der Waals surface area contributed by atoms with Crippen molar-refractivity contribution in [3.63, 3.8) is 0 Å². The molecule has 0 spiro atoms. The summed E-state index contributed by atoms with van der Waals surface area (Å²) in [5, 5.41) is 15.0. The van der Waals surface area contributed by atoms with Gasteiger partial charge in [0, 0.05) is 73.3 Å². The van der Waals surface area contributed by atoms with Crippen LogP contribution in [0.15, 0.2) is 48.7 Å². The molecule has 152 valence electrons. The number of β-amino-alcohol motifs (C(OH)–C–C–N with tert-alkyl or cyclic N) is 1. The summed E-state index contributed by atoms with van der Waals surface area (Å²) < 4.78 is 5.91. The summed E-state index contributed by atoms with van der Waals surface area (Å²) in [6.07, 6.45) is 2.52. The van der Waals surface area contributed by atoms with Crippen LogP contribution >= 0.6 is 0 Å². The van der Waals surface area contributed by atoms with Crippen molar-refractivity contribution in [3.05, 3.63) is 54.2 Å². The van der Waals surface area contributed by atoms with Crippen molar-refractivity contribution in [2.45, 2.75) is 12.5 Å². The Morgan fingerprint density at radius 2 is 1.90 bits per heavy atom. The first kappa shape index (κ1) is 18.3. The van der Waals surface area contributed by atoms with E-state index < -0.39 is 6.10 Å². The van der Waals surface area contributed by atoms with Crippen LogP contribution < -0.4 is 15.0 Å². The number of H-pyrrole nitrogens is 1. The second-order valence-electron chi connectivity index (χ2n) is 7.93. The molecule has 1 saturated heterocycles. The molecule has 5 rings (SSSR count). The summed E-state index contributed by atoms with van der Waals surface area (Å²) in [6.45, 7) is 5.89. The number of piperazine rings is 1. The van der Waals surface area contributed by atoms with Crippen molar-refractivity contribution < 1.29 is 9.84 Å². The fourth-order valence-electron chi connectivity index (χ4n) is 4.51. The lowest BCUT2D eigenvalue weighted by molar-refractivity contribution is 0.0668. The van der Waals surface area contributed by atoms with Gasteiger partial charge >= 0.3 is 0 Å². The zero-order chi connectivity index (χ0) is 19.6. The third kappa shape index (κ3) is 3.78. The zero-order valence-electron chi connectivity index (χ0n) is 16.6. The van der Waals surface area contributed by atoms with Crippen LogP contribution in [-0.4, -0.2) is 67.0 Å². The minimum Gasteiger partial charge on any atom is -0.490 e. The number of aliphatic hydroxyl groups excluding tert-OH is 1. The van der Waals surface area contributed by atoms with Crippen molar-refractivity contribution in [3.8, 4) is 5.75 Å². The molecular formula is C23H28N4O2. The molecule has 1 fully saturated rings. The Labute approximate surface area is 171 Å². The highest BCUT2D eigenvalue weighted by Gasteiger charge is 2.23. The summed E-state index contributed by atoms with van der Waals surface area (Å²) in [5.41, 5.74) is 5.16. The number of nitrogens with one attached hydrogen (secondary N) is 2. The molecule has 3 aromatic rings. The molecule has 3 N–H and O–H groups in total. The van der Waals surface area contributed by atoms with Gasteiger partial charge in [-0.15, -0.1) is 0 Å². The van der Waals surface area contributed by atoms with Gasteiger partial charge in [-0.3, -0.25) is 4.90 Å². The van der Waals surface area contributed by atoms with Crippen LogP contribution in [0.2, 0.25) is 0 Å². The van der Waals surface area contributed by atoms with Crippen LogP contribution in [0.3, 0.4) is 0 Å². The highest BCUT2D eigenvalue weighted by molar-refractivity contribution is 5.85. The second-order valence-corrected chi connectivity index (χ2v) is 7.93. The zero-order valence-corrected chi connectivity index (χ0v) is 16.6. The third-order valence-electron chi connectivity index (χ3n) is 6.01. The lowest BCUT2D eigenvalue weighted by Gasteiger charge is -2.37. The molecule has 2 aliphatic rings. The van der Waals surface area contributed by atoms with Gasteiger partial charge in [0.25, 0.3) is 0 Å². The van der Waals surface area contributed by atoms with Gasteiger partial charge in [0.2, 0.25) is 0 Å². The first-order valence-electron chi connectivity index (χ1n) is 10.5. The van der Waals surface area contributed by atoms with E-state index in [-0.39, 0.29) is 0 Å². The van der Waals surface area contributed by atoms with E-state index in [1.165, 1.54) is 16.9 Å². The summed E-state index contributed by atoms with van der Waals surface area (Å²) >= 11 is 0. The number of hydrogen-bond donors (Lipinski definition) is 3. The van der Waals surface area contributed by atoms with Gasteiger partial charge in [0.1, 0.15) is 18.5 Å². The number of hydrogen-bond acceptors (Lipinski definition) is 5. The van der Waals surface area contributed by atoms with Crippen LogP contribution in [0.5, 0.6) is 5.75 Å². The maximum Gasteiger partial charge on any atom is 0.128 e. The predicted octanol–water partition coefficient (Wildman–Crippen LogP) is 2.70. The average molecular weight is 393 g/mol. The van der Waals surface area contributed by atoms with Gasteiger partial charge in [0.05, 0.1) is 0 Å². The molecule has 6 nitrogen and oxygen atoms in total. The molecule has 3 heterocycles. The Morgan fingerprint density at radius 3 is 2.79 bits per heavy atom. The number of benzene rings is 2. The molecule has 2 aromatic carbocycles. The van der Waals surface area contributed by atoms with E-state index in [1.54, 1.807) is 0 Å². The summed E-state index contributed by atoms with van der Waals surface area (Å²) in [4.78, 5) is 8.01. The monoisotopic (exact) mass is 392 g/mol. The van der Waals surface area contributed by atoms with Crippen LogP contribution in [-0.2, 0) is 6.42 Å². The molecule has 6 heteroatoms. The summed E-state index contributed by atoms with van der Waals surface area (Å²) in [6, 6.07) is 14.5. The molecule has 0 radical (unpaired) electrons. The number of ether oxygens (including phenoxy) is 1. The van der Waals surface area contributed by atoms with Crippen molar-refractivity contribution in [1.29, 1.82) is 0 Å². The van der Waals surface area contributed by atoms with Crippen LogP contribution in [0.1, 0.15) is 5.56 Å². The van der Waals surface area contributed by atoms with Gasteiger partial charge in [0.15, 0.2) is 0 Å². The summed E-state index contributed by atoms with van der Waals surface area (Å²) in [7, 11) is 0. The van der Waals surface area contributed by atoms with E-state index in [0.717, 1.165) is 55.8 Å². The Morgan fingerprint density at radius 1 is 1.03 bits per heavy atom. The molecule has 0 bridgehead atoms. The number of fused-ring (bicyclic) bond motifs is 2. The van der Waals surface area contributed by atoms with Crippen molar-refractivity contribution >= 4 is 22.3 Å². The number of aromatic nitrogens is 1. The molecule has 0 aliphatic carbocycles.